The SMILES string of the molecule is CC.CC(=O)O.Cc1cc(N)ccc1O.O=C(O)[C@@H]1CCCN1. The first-order chi connectivity index (χ1) is 10.7. The largest absolute Gasteiger partial charge is 0.508 e. The van der Waals surface area contributed by atoms with Crippen LogP contribution in [-0.4, -0.2) is 39.8 Å². The lowest BCUT2D eigenvalue weighted by molar-refractivity contribution is -0.139. The Bertz CT molecular complexity index is 468. The van der Waals surface area contributed by atoms with Crippen molar-refractivity contribution < 1.29 is 24.9 Å². The fourth-order valence-corrected chi connectivity index (χ4v) is 1.57. The molecule has 0 spiro atoms. The van der Waals surface area contributed by atoms with Crippen molar-refractivity contribution in [3.63, 3.8) is 0 Å². The molecule has 23 heavy (non-hydrogen) atoms. The lowest BCUT2D eigenvalue weighted by Crippen LogP contribution is -2.29. The van der Waals surface area contributed by atoms with Gasteiger partial charge < -0.3 is 26.4 Å². The molecule has 0 aromatic heterocycles. The van der Waals surface area contributed by atoms with E-state index in [2.05, 4.69) is 5.32 Å². The predicted molar refractivity (Wildman–Crippen MR) is 90.6 cm³/mol. The van der Waals surface area contributed by atoms with Gasteiger partial charge in [-0.15, -0.1) is 0 Å². The molecule has 1 atom stereocenters. The van der Waals surface area contributed by atoms with Gasteiger partial charge in [0.1, 0.15) is 11.8 Å². The first-order valence-corrected chi connectivity index (χ1v) is 7.44. The van der Waals surface area contributed by atoms with Crippen LogP contribution in [0.5, 0.6) is 5.75 Å². The Morgan fingerprint density at radius 3 is 2.04 bits per heavy atom. The zero-order chi connectivity index (χ0) is 18.4. The van der Waals surface area contributed by atoms with Crippen molar-refractivity contribution in [3.8, 4) is 5.75 Å². The molecular weight excluding hydrogens is 300 g/mol. The standard InChI is InChI=1S/C7H9NO.C5H9NO2.C2H4O2.C2H6/c1-5-4-6(8)2-3-7(5)9;7-5(8)4-2-1-3-6-4;1-2(3)4;1-2/h2-4,9H,8H2,1H3;4,6H,1-3H2,(H,7,8);1H3,(H,3,4);1-2H3/t;4-;;/m.0../s1. The lowest BCUT2D eigenvalue weighted by Gasteiger charge is -1.99. The van der Waals surface area contributed by atoms with E-state index in [-0.39, 0.29) is 6.04 Å². The van der Waals surface area contributed by atoms with Crippen molar-refractivity contribution in [2.75, 3.05) is 12.3 Å². The van der Waals surface area contributed by atoms with Gasteiger partial charge in [-0.05, 0) is 50.1 Å². The molecule has 1 aromatic carbocycles. The number of phenols is 1. The van der Waals surface area contributed by atoms with Crippen molar-refractivity contribution in [1.29, 1.82) is 0 Å². The van der Waals surface area contributed by atoms with Gasteiger partial charge in [-0.1, -0.05) is 13.8 Å². The van der Waals surface area contributed by atoms with Crippen LogP contribution in [-0.2, 0) is 9.59 Å². The molecule has 0 bridgehead atoms. The van der Waals surface area contributed by atoms with Gasteiger partial charge in [0.05, 0.1) is 0 Å². The van der Waals surface area contributed by atoms with Crippen LogP contribution < -0.4 is 11.1 Å². The number of aliphatic carboxylic acids is 2. The van der Waals surface area contributed by atoms with Crippen LogP contribution >= 0.6 is 0 Å². The molecule has 1 heterocycles. The summed E-state index contributed by atoms with van der Waals surface area (Å²) in [5.41, 5.74) is 6.92. The van der Waals surface area contributed by atoms with Crippen LogP contribution in [0.4, 0.5) is 5.69 Å². The highest BCUT2D eigenvalue weighted by Gasteiger charge is 2.20. The molecule has 1 aliphatic rings. The summed E-state index contributed by atoms with van der Waals surface area (Å²) in [7, 11) is 0. The van der Waals surface area contributed by atoms with Gasteiger partial charge in [0, 0.05) is 12.6 Å². The molecule has 7 heteroatoms. The van der Waals surface area contributed by atoms with Crippen LogP contribution in [0.2, 0.25) is 0 Å². The van der Waals surface area contributed by atoms with E-state index >= 15 is 0 Å². The monoisotopic (exact) mass is 328 g/mol. The number of phenolic OH excluding ortho intramolecular Hbond substituents is 1. The number of carboxylic acid groups (broad SMARTS) is 2. The highest BCUT2D eigenvalue weighted by atomic mass is 16.4. The third-order valence-corrected chi connectivity index (χ3v) is 2.58. The molecule has 1 aliphatic heterocycles. The maximum absolute atomic E-state index is 10.1. The normalized spacial score (nSPS) is 14.9. The maximum atomic E-state index is 10.1. The zero-order valence-electron chi connectivity index (χ0n) is 14.2. The average molecular weight is 328 g/mol. The van der Waals surface area contributed by atoms with Gasteiger partial charge in [-0.3, -0.25) is 9.59 Å². The zero-order valence-corrected chi connectivity index (χ0v) is 14.2. The number of nitrogen functional groups attached to an aromatic ring is 1. The minimum absolute atomic E-state index is 0.269. The Balaban J connectivity index is 0. The molecule has 2 rings (SSSR count). The molecule has 0 unspecified atom stereocenters. The topological polar surface area (TPSA) is 133 Å². The van der Waals surface area contributed by atoms with E-state index in [1.807, 2.05) is 20.8 Å². The summed E-state index contributed by atoms with van der Waals surface area (Å²) < 4.78 is 0. The maximum Gasteiger partial charge on any atom is 0.320 e. The molecule has 1 saturated heterocycles. The number of aromatic hydroxyl groups is 1. The van der Waals surface area contributed by atoms with Crippen molar-refractivity contribution in [2.24, 2.45) is 0 Å². The van der Waals surface area contributed by atoms with Crippen molar-refractivity contribution in [1.82, 2.24) is 5.32 Å². The molecule has 0 amide bonds. The van der Waals surface area contributed by atoms with E-state index < -0.39 is 11.9 Å². The van der Waals surface area contributed by atoms with Gasteiger partial charge in [-0.2, -0.15) is 0 Å². The number of benzene rings is 1. The van der Waals surface area contributed by atoms with Gasteiger partial charge in [0.15, 0.2) is 0 Å². The molecule has 6 N–H and O–H groups in total. The molecule has 0 aliphatic carbocycles. The molecule has 0 radical (unpaired) electrons. The Kier molecular flexibility index (Phi) is 13.4. The molecule has 1 fully saturated rings. The van der Waals surface area contributed by atoms with Crippen molar-refractivity contribution in [2.45, 2.75) is 46.6 Å². The molecule has 1 aromatic rings. The summed E-state index contributed by atoms with van der Waals surface area (Å²) in [5, 5.41) is 27.6. The first-order valence-electron chi connectivity index (χ1n) is 7.44. The Hall–Kier alpha value is -2.28. The molecular formula is C16H28N2O5. The van der Waals surface area contributed by atoms with Crippen molar-refractivity contribution >= 4 is 17.6 Å². The van der Waals surface area contributed by atoms with Gasteiger partial charge in [-0.25, -0.2) is 0 Å². The Morgan fingerprint density at radius 1 is 1.26 bits per heavy atom. The number of hydrogen-bond acceptors (Lipinski definition) is 5. The predicted octanol–water partition coefficient (Wildman–Crippen LogP) is 2.22. The average Bonchev–Trinajstić information content (AvgIpc) is 3.00. The van der Waals surface area contributed by atoms with Crippen LogP contribution in [0.1, 0.15) is 39.2 Å². The summed E-state index contributed by atoms with van der Waals surface area (Å²) in [4.78, 5) is 19.1. The second-order valence-electron chi connectivity index (χ2n) is 4.55. The minimum Gasteiger partial charge on any atom is -0.508 e. The Labute approximate surface area is 137 Å². The van der Waals surface area contributed by atoms with E-state index in [0.29, 0.717) is 11.4 Å². The van der Waals surface area contributed by atoms with E-state index in [9.17, 15) is 4.79 Å². The third-order valence-electron chi connectivity index (χ3n) is 2.58. The van der Waals surface area contributed by atoms with Gasteiger partial charge >= 0.3 is 5.97 Å². The summed E-state index contributed by atoms with van der Waals surface area (Å²) in [6.45, 7) is 7.75. The van der Waals surface area contributed by atoms with Crippen molar-refractivity contribution in [3.05, 3.63) is 23.8 Å². The van der Waals surface area contributed by atoms with E-state index in [4.69, 9.17) is 25.8 Å². The number of aryl methyl sites for hydroxylation is 1. The number of carbonyl (C=O) groups is 2. The lowest BCUT2D eigenvalue weighted by atomic mass is 10.2. The fourth-order valence-electron chi connectivity index (χ4n) is 1.57. The van der Waals surface area contributed by atoms with Crippen LogP contribution in [0.15, 0.2) is 18.2 Å². The summed E-state index contributed by atoms with van der Waals surface area (Å²) >= 11 is 0. The van der Waals surface area contributed by atoms with Crippen LogP contribution in [0, 0.1) is 6.92 Å². The number of anilines is 1. The van der Waals surface area contributed by atoms with E-state index in [0.717, 1.165) is 31.9 Å². The summed E-state index contributed by atoms with van der Waals surface area (Å²) in [5.74, 6) is -1.26. The second kappa shape index (κ2) is 13.4. The molecule has 132 valence electrons. The number of nitrogens with one attached hydrogen (secondary N) is 1. The first kappa shape index (κ1) is 23.0. The number of nitrogens with two attached hydrogens (primary N) is 1. The number of carboxylic acids is 2. The highest BCUT2D eigenvalue weighted by Crippen LogP contribution is 2.17. The quantitative estimate of drug-likeness (QED) is 0.394. The highest BCUT2D eigenvalue weighted by molar-refractivity contribution is 5.73. The van der Waals surface area contributed by atoms with E-state index in [1.54, 1.807) is 18.2 Å². The van der Waals surface area contributed by atoms with Crippen LogP contribution in [0.3, 0.4) is 0 Å². The smallest absolute Gasteiger partial charge is 0.320 e. The molecule has 0 saturated carbocycles. The summed E-state index contributed by atoms with van der Waals surface area (Å²) in [6.07, 6.45) is 1.78. The third kappa shape index (κ3) is 13.1. The Morgan fingerprint density at radius 2 is 1.78 bits per heavy atom. The minimum atomic E-state index is -0.833. The second-order valence-corrected chi connectivity index (χ2v) is 4.55. The number of hydrogen-bond donors (Lipinski definition) is 5. The fraction of sp³-hybridized carbons (Fsp3) is 0.500. The van der Waals surface area contributed by atoms with Gasteiger partial charge in [0.2, 0.25) is 0 Å². The van der Waals surface area contributed by atoms with E-state index in [1.165, 1.54) is 0 Å². The molecule has 7 nitrogen and oxygen atoms in total. The van der Waals surface area contributed by atoms with Gasteiger partial charge in [0.25, 0.3) is 5.97 Å². The number of rotatable bonds is 1. The summed E-state index contributed by atoms with van der Waals surface area (Å²) in [6, 6.07) is 4.72. The van der Waals surface area contributed by atoms with Crippen LogP contribution in [0.25, 0.3) is 0 Å².